The Labute approximate surface area is 179 Å². The first-order chi connectivity index (χ1) is 12.1. The monoisotopic (exact) mass is 511 g/mol. The van der Waals surface area contributed by atoms with Crippen LogP contribution in [0.5, 0.6) is 11.5 Å². The Morgan fingerprint density at radius 2 is 1.93 bits per heavy atom. The number of sulfone groups is 1. The van der Waals surface area contributed by atoms with E-state index in [1.807, 2.05) is 37.1 Å². The molecule has 154 valence electrons. The van der Waals surface area contributed by atoms with Crippen molar-refractivity contribution >= 4 is 39.8 Å². The molecule has 0 atom stereocenters. The minimum Gasteiger partial charge on any atom is -0.454 e. The van der Waals surface area contributed by atoms with Crippen LogP contribution in [0.3, 0.4) is 0 Å². The fraction of sp³-hybridized carbons (Fsp3) is 0.611. The first-order valence-electron chi connectivity index (χ1n) is 8.74. The molecular weight excluding hydrogens is 481 g/mol. The first kappa shape index (κ1) is 23.8. The van der Waals surface area contributed by atoms with Crippen molar-refractivity contribution in [1.29, 1.82) is 0 Å². The van der Waals surface area contributed by atoms with Crippen LogP contribution in [-0.4, -0.2) is 56.7 Å². The standard InChI is InChI=1S/C18H29N3O4S.HI/c1-6-19-17(20-9-10-26(22,23)18(2,3)4)21(5)12-14-7-8-15-16(11-14)25-13-24-15;/h7-8,11H,6,9-10,12-13H2,1-5H3,(H,19,20);1H. The number of guanidine groups is 1. The summed E-state index contributed by atoms with van der Waals surface area (Å²) in [6.45, 7) is 8.92. The van der Waals surface area contributed by atoms with Crippen molar-refractivity contribution in [2.75, 3.05) is 32.7 Å². The van der Waals surface area contributed by atoms with Gasteiger partial charge in [0.15, 0.2) is 27.3 Å². The molecule has 1 aliphatic heterocycles. The molecular formula is C18H30IN3O4S. The highest BCUT2D eigenvalue weighted by Gasteiger charge is 2.28. The third kappa shape index (κ3) is 6.41. The maximum atomic E-state index is 12.2. The number of aliphatic imine (C=N–C) groups is 1. The third-order valence-electron chi connectivity index (χ3n) is 4.11. The molecule has 27 heavy (non-hydrogen) atoms. The van der Waals surface area contributed by atoms with Crippen molar-refractivity contribution in [2.24, 2.45) is 4.99 Å². The highest BCUT2D eigenvalue weighted by atomic mass is 127. The average Bonchev–Trinajstić information content (AvgIpc) is 3.00. The molecule has 0 unspecified atom stereocenters. The zero-order valence-corrected chi connectivity index (χ0v) is 19.8. The minimum absolute atomic E-state index is 0. The van der Waals surface area contributed by atoms with Crippen LogP contribution < -0.4 is 14.8 Å². The summed E-state index contributed by atoms with van der Waals surface area (Å²) in [6, 6.07) is 5.83. The summed E-state index contributed by atoms with van der Waals surface area (Å²) < 4.78 is 34.4. The van der Waals surface area contributed by atoms with Gasteiger partial charge in [-0.1, -0.05) is 6.07 Å². The Morgan fingerprint density at radius 3 is 2.56 bits per heavy atom. The summed E-state index contributed by atoms with van der Waals surface area (Å²) in [5.41, 5.74) is 1.06. The minimum atomic E-state index is -3.18. The van der Waals surface area contributed by atoms with Gasteiger partial charge in [0, 0.05) is 20.1 Å². The number of nitrogens with one attached hydrogen (secondary N) is 1. The molecule has 1 aromatic carbocycles. The van der Waals surface area contributed by atoms with Crippen molar-refractivity contribution in [3.05, 3.63) is 23.8 Å². The molecule has 0 bridgehead atoms. The Kier molecular flexibility index (Phi) is 8.65. The molecule has 1 aromatic rings. The second kappa shape index (κ2) is 9.81. The summed E-state index contributed by atoms with van der Waals surface area (Å²) in [5, 5.41) is 3.21. The van der Waals surface area contributed by atoms with Gasteiger partial charge in [0.25, 0.3) is 0 Å². The molecule has 0 spiro atoms. The van der Waals surface area contributed by atoms with Gasteiger partial charge >= 0.3 is 0 Å². The molecule has 7 nitrogen and oxygen atoms in total. The highest BCUT2D eigenvalue weighted by Crippen LogP contribution is 2.32. The number of nitrogens with zero attached hydrogens (tertiary/aromatic N) is 2. The smallest absolute Gasteiger partial charge is 0.231 e. The van der Waals surface area contributed by atoms with Gasteiger partial charge < -0.3 is 19.7 Å². The summed E-state index contributed by atoms with van der Waals surface area (Å²) in [6.07, 6.45) is 0. The lowest BCUT2D eigenvalue weighted by Gasteiger charge is -2.23. The topological polar surface area (TPSA) is 80.2 Å². The van der Waals surface area contributed by atoms with Crippen molar-refractivity contribution < 1.29 is 17.9 Å². The quantitative estimate of drug-likeness (QED) is 0.360. The van der Waals surface area contributed by atoms with Crippen molar-refractivity contribution in [1.82, 2.24) is 10.2 Å². The van der Waals surface area contributed by atoms with E-state index in [9.17, 15) is 8.42 Å². The summed E-state index contributed by atoms with van der Waals surface area (Å²) in [5.74, 6) is 2.20. The maximum absolute atomic E-state index is 12.2. The maximum Gasteiger partial charge on any atom is 0.231 e. The van der Waals surface area contributed by atoms with E-state index in [2.05, 4.69) is 10.3 Å². The lowest BCUT2D eigenvalue weighted by molar-refractivity contribution is 0.174. The SMILES string of the molecule is CCNC(=NCCS(=O)(=O)C(C)(C)C)N(C)Cc1ccc2c(c1)OCO2.I. The lowest BCUT2D eigenvalue weighted by Crippen LogP contribution is -2.39. The van der Waals surface area contributed by atoms with E-state index in [-0.39, 0.29) is 43.1 Å². The largest absolute Gasteiger partial charge is 0.454 e. The molecule has 0 saturated heterocycles. The van der Waals surface area contributed by atoms with Gasteiger partial charge in [-0.2, -0.15) is 0 Å². The second-order valence-electron chi connectivity index (χ2n) is 7.21. The van der Waals surface area contributed by atoms with Crippen LogP contribution in [0, 0.1) is 0 Å². The van der Waals surface area contributed by atoms with E-state index in [4.69, 9.17) is 9.47 Å². The molecule has 9 heteroatoms. The number of ether oxygens (including phenoxy) is 2. The highest BCUT2D eigenvalue weighted by molar-refractivity contribution is 14.0. The van der Waals surface area contributed by atoms with Crippen LogP contribution in [0.1, 0.15) is 33.3 Å². The van der Waals surface area contributed by atoms with Crippen LogP contribution in [0.4, 0.5) is 0 Å². The molecule has 1 aliphatic rings. The van der Waals surface area contributed by atoms with Crippen LogP contribution in [0.15, 0.2) is 23.2 Å². The molecule has 0 amide bonds. The summed E-state index contributed by atoms with van der Waals surface area (Å²) >= 11 is 0. The number of fused-ring (bicyclic) bond motifs is 1. The first-order valence-corrected chi connectivity index (χ1v) is 10.4. The molecule has 0 radical (unpaired) electrons. The van der Waals surface area contributed by atoms with E-state index in [0.29, 0.717) is 19.0 Å². The van der Waals surface area contributed by atoms with E-state index in [1.54, 1.807) is 20.8 Å². The van der Waals surface area contributed by atoms with E-state index in [1.165, 1.54) is 0 Å². The Hall–Kier alpha value is -1.23. The zero-order valence-electron chi connectivity index (χ0n) is 16.6. The molecule has 1 N–H and O–H groups in total. The average molecular weight is 511 g/mol. The van der Waals surface area contributed by atoms with Gasteiger partial charge in [0.05, 0.1) is 17.0 Å². The van der Waals surface area contributed by atoms with Gasteiger partial charge in [-0.05, 0) is 45.4 Å². The third-order valence-corrected chi connectivity index (χ3v) is 6.69. The number of rotatable bonds is 6. The van der Waals surface area contributed by atoms with Crippen LogP contribution in [0.2, 0.25) is 0 Å². The van der Waals surface area contributed by atoms with Gasteiger partial charge in [-0.15, -0.1) is 24.0 Å². The van der Waals surface area contributed by atoms with Crippen LogP contribution in [0.25, 0.3) is 0 Å². The van der Waals surface area contributed by atoms with Gasteiger partial charge in [0.2, 0.25) is 6.79 Å². The molecule has 2 rings (SSSR count). The van der Waals surface area contributed by atoms with Gasteiger partial charge in [0.1, 0.15) is 0 Å². The number of hydrogen-bond donors (Lipinski definition) is 1. The Morgan fingerprint density at radius 1 is 1.26 bits per heavy atom. The second-order valence-corrected chi connectivity index (χ2v) is 10.1. The fourth-order valence-electron chi connectivity index (χ4n) is 2.44. The number of hydrogen-bond acceptors (Lipinski definition) is 5. The Balaban J connectivity index is 0.00000364. The molecule has 0 saturated carbocycles. The fourth-order valence-corrected chi connectivity index (χ4v) is 3.38. The summed E-state index contributed by atoms with van der Waals surface area (Å²) in [7, 11) is -1.26. The zero-order chi connectivity index (χ0) is 19.4. The van der Waals surface area contributed by atoms with E-state index in [0.717, 1.165) is 17.1 Å². The van der Waals surface area contributed by atoms with Crippen LogP contribution >= 0.6 is 24.0 Å². The molecule has 0 aromatic heterocycles. The van der Waals surface area contributed by atoms with E-state index < -0.39 is 14.6 Å². The number of benzene rings is 1. The summed E-state index contributed by atoms with van der Waals surface area (Å²) in [4.78, 5) is 6.44. The van der Waals surface area contributed by atoms with Gasteiger partial charge in [-0.3, -0.25) is 4.99 Å². The van der Waals surface area contributed by atoms with Gasteiger partial charge in [-0.25, -0.2) is 8.42 Å². The lowest BCUT2D eigenvalue weighted by atomic mass is 10.2. The molecule has 0 aliphatic carbocycles. The van der Waals surface area contributed by atoms with Crippen molar-refractivity contribution in [2.45, 2.75) is 39.0 Å². The van der Waals surface area contributed by atoms with Crippen molar-refractivity contribution in [3.63, 3.8) is 0 Å². The predicted octanol–water partition coefficient (Wildman–Crippen LogP) is 2.64. The van der Waals surface area contributed by atoms with Crippen molar-refractivity contribution in [3.8, 4) is 11.5 Å². The van der Waals surface area contributed by atoms with E-state index >= 15 is 0 Å². The normalized spacial score (nSPS) is 13.9. The number of halogens is 1. The molecule has 0 fully saturated rings. The Bertz CT molecular complexity index is 760. The predicted molar refractivity (Wildman–Crippen MR) is 119 cm³/mol. The molecule has 1 heterocycles. The van der Waals surface area contributed by atoms with Crippen LogP contribution in [-0.2, 0) is 16.4 Å².